The minimum absolute atomic E-state index is 0.320. The second-order valence-electron chi connectivity index (χ2n) is 5.19. The Labute approximate surface area is 103 Å². The first-order valence-electron chi connectivity index (χ1n) is 6.68. The number of furan rings is 1. The Morgan fingerprint density at radius 3 is 2.82 bits per heavy atom. The van der Waals surface area contributed by atoms with E-state index in [1.165, 1.54) is 19.3 Å². The van der Waals surface area contributed by atoms with Crippen molar-refractivity contribution >= 4 is 0 Å². The molecule has 3 nitrogen and oxygen atoms in total. The summed E-state index contributed by atoms with van der Waals surface area (Å²) in [5, 5.41) is 13.6. The summed E-state index contributed by atoms with van der Waals surface area (Å²) in [5.74, 6) is 1.53. The van der Waals surface area contributed by atoms with Crippen LogP contribution in [0.25, 0.3) is 0 Å². The lowest BCUT2D eigenvalue weighted by Crippen LogP contribution is -2.38. The molecule has 1 aromatic heterocycles. The molecule has 0 aromatic carbocycles. The van der Waals surface area contributed by atoms with Gasteiger partial charge in [-0.1, -0.05) is 6.92 Å². The number of rotatable bonds is 7. The van der Waals surface area contributed by atoms with E-state index in [0.717, 1.165) is 5.92 Å². The van der Waals surface area contributed by atoms with E-state index in [1.54, 1.807) is 6.26 Å². The van der Waals surface area contributed by atoms with Crippen LogP contribution in [0.1, 0.15) is 51.4 Å². The van der Waals surface area contributed by atoms with Gasteiger partial charge in [-0.3, -0.25) is 0 Å². The highest BCUT2D eigenvalue weighted by atomic mass is 16.4. The maximum Gasteiger partial charge on any atom is 0.132 e. The monoisotopic (exact) mass is 237 g/mol. The summed E-state index contributed by atoms with van der Waals surface area (Å²) in [7, 11) is 0. The molecule has 3 unspecified atom stereocenters. The summed E-state index contributed by atoms with van der Waals surface area (Å²) >= 11 is 0. The van der Waals surface area contributed by atoms with Gasteiger partial charge in [0.1, 0.15) is 11.9 Å². The average Bonchev–Trinajstić information content (AvgIpc) is 2.99. The molecule has 1 aliphatic rings. The molecule has 2 N–H and O–H groups in total. The summed E-state index contributed by atoms with van der Waals surface area (Å²) in [5.41, 5.74) is 0. The van der Waals surface area contributed by atoms with Crippen LogP contribution >= 0.6 is 0 Å². The van der Waals surface area contributed by atoms with Gasteiger partial charge in [-0.15, -0.1) is 0 Å². The Bertz CT molecular complexity index is 319. The zero-order valence-corrected chi connectivity index (χ0v) is 10.7. The largest absolute Gasteiger partial charge is 0.467 e. The summed E-state index contributed by atoms with van der Waals surface area (Å²) in [4.78, 5) is 0. The number of hydrogen-bond acceptors (Lipinski definition) is 3. The molecular weight excluding hydrogens is 214 g/mol. The molecule has 1 fully saturated rings. The van der Waals surface area contributed by atoms with E-state index in [0.29, 0.717) is 24.3 Å². The predicted octanol–water partition coefficient (Wildman–Crippen LogP) is 2.87. The van der Waals surface area contributed by atoms with Crippen molar-refractivity contribution in [2.24, 2.45) is 5.92 Å². The van der Waals surface area contributed by atoms with Crippen molar-refractivity contribution in [2.75, 3.05) is 0 Å². The van der Waals surface area contributed by atoms with Crippen LogP contribution in [0.4, 0.5) is 0 Å². The highest BCUT2D eigenvalue weighted by molar-refractivity contribution is 5.02. The van der Waals surface area contributed by atoms with Crippen molar-refractivity contribution in [3.8, 4) is 0 Å². The van der Waals surface area contributed by atoms with Crippen molar-refractivity contribution < 1.29 is 9.52 Å². The van der Waals surface area contributed by atoms with E-state index in [-0.39, 0.29) is 0 Å². The molecule has 3 heteroatoms. The van der Waals surface area contributed by atoms with Gasteiger partial charge in [0.05, 0.1) is 6.26 Å². The molecule has 0 bridgehead atoms. The summed E-state index contributed by atoms with van der Waals surface area (Å²) in [6.45, 7) is 4.36. The lowest BCUT2D eigenvalue weighted by atomic mass is 10.0. The molecule has 3 atom stereocenters. The van der Waals surface area contributed by atoms with Gasteiger partial charge in [0.15, 0.2) is 0 Å². The summed E-state index contributed by atoms with van der Waals surface area (Å²) in [6, 6.07) is 4.58. The SMILES string of the molecule is CCC(NC(C)CC(O)c1ccco1)C1CC1. The maximum absolute atomic E-state index is 9.99. The minimum Gasteiger partial charge on any atom is -0.467 e. The third kappa shape index (κ3) is 3.58. The van der Waals surface area contributed by atoms with Crippen molar-refractivity contribution in [3.63, 3.8) is 0 Å². The van der Waals surface area contributed by atoms with Crippen LogP contribution < -0.4 is 5.32 Å². The lowest BCUT2D eigenvalue weighted by molar-refractivity contribution is 0.125. The molecule has 96 valence electrons. The van der Waals surface area contributed by atoms with Crippen molar-refractivity contribution in [1.82, 2.24) is 5.32 Å². The zero-order chi connectivity index (χ0) is 12.3. The maximum atomic E-state index is 9.99. The second kappa shape index (κ2) is 5.69. The van der Waals surface area contributed by atoms with E-state index in [2.05, 4.69) is 19.2 Å². The highest BCUT2D eigenvalue weighted by Gasteiger charge is 2.30. The van der Waals surface area contributed by atoms with Gasteiger partial charge < -0.3 is 14.8 Å². The average molecular weight is 237 g/mol. The summed E-state index contributed by atoms with van der Waals surface area (Å²) < 4.78 is 5.21. The van der Waals surface area contributed by atoms with Crippen molar-refractivity contribution in [2.45, 2.75) is 57.7 Å². The van der Waals surface area contributed by atoms with E-state index >= 15 is 0 Å². The Morgan fingerprint density at radius 2 is 2.29 bits per heavy atom. The van der Waals surface area contributed by atoms with Crippen molar-refractivity contribution in [1.29, 1.82) is 0 Å². The topological polar surface area (TPSA) is 45.4 Å². The fourth-order valence-electron chi connectivity index (χ4n) is 2.45. The molecule has 2 rings (SSSR count). The smallest absolute Gasteiger partial charge is 0.132 e. The zero-order valence-electron chi connectivity index (χ0n) is 10.7. The molecule has 1 heterocycles. The van der Waals surface area contributed by atoms with Crippen molar-refractivity contribution in [3.05, 3.63) is 24.2 Å². The fraction of sp³-hybridized carbons (Fsp3) is 0.714. The van der Waals surface area contributed by atoms with Gasteiger partial charge in [0.2, 0.25) is 0 Å². The molecule has 0 radical (unpaired) electrons. The molecule has 0 spiro atoms. The number of hydrogen-bond donors (Lipinski definition) is 2. The molecule has 1 aromatic rings. The van der Waals surface area contributed by atoms with Gasteiger partial charge >= 0.3 is 0 Å². The van der Waals surface area contributed by atoms with Gasteiger partial charge in [0.25, 0.3) is 0 Å². The first kappa shape index (κ1) is 12.7. The van der Waals surface area contributed by atoms with Gasteiger partial charge in [-0.25, -0.2) is 0 Å². The van der Waals surface area contributed by atoms with E-state index in [4.69, 9.17) is 4.42 Å². The van der Waals surface area contributed by atoms with E-state index < -0.39 is 6.10 Å². The standard InChI is InChI=1S/C14H23NO2/c1-3-12(11-6-7-11)15-10(2)9-13(16)14-5-4-8-17-14/h4-5,8,10-13,15-16H,3,6-7,9H2,1-2H3. The Hall–Kier alpha value is -0.800. The molecule has 0 amide bonds. The van der Waals surface area contributed by atoms with Crippen LogP contribution in [-0.2, 0) is 0 Å². The Morgan fingerprint density at radius 1 is 1.53 bits per heavy atom. The second-order valence-corrected chi connectivity index (χ2v) is 5.19. The fourth-order valence-corrected chi connectivity index (χ4v) is 2.45. The van der Waals surface area contributed by atoms with Gasteiger partial charge in [-0.05, 0) is 50.7 Å². The molecule has 0 saturated heterocycles. The Kier molecular flexibility index (Phi) is 4.24. The quantitative estimate of drug-likeness (QED) is 0.766. The minimum atomic E-state index is -0.496. The molecule has 17 heavy (non-hydrogen) atoms. The molecule has 1 aliphatic carbocycles. The van der Waals surface area contributed by atoms with Crippen LogP contribution in [0.15, 0.2) is 22.8 Å². The molecular formula is C14H23NO2. The number of aliphatic hydroxyl groups is 1. The third-order valence-corrected chi connectivity index (χ3v) is 3.58. The third-order valence-electron chi connectivity index (χ3n) is 3.58. The normalized spacial score (nSPS) is 21.1. The van der Waals surface area contributed by atoms with Crippen LogP contribution in [0.5, 0.6) is 0 Å². The Balaban J connectivity index is 1.78. The van der Waals surface area contributed by atoms with Crippen LogP contribution in [0.3, 0.4) is 0 Å². The summed E-state index contributed by atoms with van der Waals surface area (Å²) in [6.07, 6.45) is 5.71. The lowest BCUT2D eigenvalue weighted by Gasteiger charge is -2.23. The first-order chi connectivity index (χ1) is 8.20. The molecule has 1 saturated carbocycles. The van der Waals surface area contributed by atoms with Crippen LogP contribution in [0.2, 0.25) is 0 Å². The predicted molar refractivity (Wildman–Crippen MR) is 67.7 cm³/mol. The van der Waals surface area contributed by atoms with Crippen LogP contribution in [0, 0.1) is 5.92 Å². The molecule has 0 aliphatic heterocycles. The van der Waals surface area contributed by atoms with Gasteiger partial charge in [0, 0.05) is 12.1 Å². The van der Waals surface area contributed by atoms with Gasteiger partial charge in [-0.2, -0.15) is 0 Å². The highest BCUT2D eigenvalue weighted by Crippen LogP contribution is 2.34. The first-order valence-corrected chi connectivity index (χ1v) is 6.68. The van der Waals surface area contributed by atoms with E-state index in [9.17, 15) is 5.11 Å². The number of nitrogens with one attached hydrogen (secondary N) is 1. The van der Waals surface area contributed by atoms with E-state index in [1.807, 2.05) is 12.1 Å². The van der Waals surface area contributed by atoms with Crippen LogP contribution in [-0.4, -0.2) is 17.2 Å². The number of aliphatic hydroxyl groups excluding tert-OH is 1.